The van der Waals surface area contributed by atoms with Crippen molar-refractivity contribution in [1.82, 2.24) is 10.2 Å². The first-order valence-corrected chi connectivity index (χ1v) is 8.48. The first kappa shape index (κ1) is 13.7. The van der Waals surface area contributed by atoms with Gasteiger partial charge in [-0.3, -0.25) is 4.90 Å². The van der Waals surface area contributed by atoms with Gasteiger partial charge in [-0.05, 0) is 31.9 Å². The molecule has 0 radical (unpaired) electrons. The van der Waals surface area contributed by atoms with Gasteiger partial charge in [0, 0.05) is 36.5 Å². The fraction of sp³-hybridized carbons (Fsp3) is 1.00. The zero-order valence-corrected chi connectivity index (χ0v) is 12.5. The smallest absolute Gasteiger partial charge is 0.0284 e. The molecule has 1 N–H and O–H groups in total. The number of nitrogens with one attached hydrogen (secondary N) is 1. The van der Waals surface area contributed by atoms with Crippen molar-refractivity contribution in [2.75, 3.05) is 25.9 Å². The van der Waals surface area contributed by atoms with E-state index in [1.165, 1.54) is 51.7 Å². The first-order valence-electron chi connectivity index (χ1n) is 7.25. The highest BCUT2D eigenvalue weighted by atomic mass is 32.2. The van der Waals surface area contributed by atoms with Gasteiger partial charge in [0.15, 0.2) is 0 Å². The molecule has 0 bridgehead atoms. The molecule has 2 aliphatic rings. The Bertz CT molecular complexity index is 235. The Labute approximate surface area is 111 Å². The highest BCUT2D eigenvalue weighted by molar-refractivity contribution is 8.00. The molecular weight excluding hydrogens is 228 g/mol. The summed E-state index contributed by atoms with van der Waals surface area (Å²) in [5, 5.41) is 3.69. The normalized spacial score (nSPS) is 33.4. The molecule has 1 aliphatic heterocycles. The molecule has 0 spiro atoms. The van der Waals surface area contributed by atoms with Crippen molar-refractivity contribution >= 4 is 11.8 Å². The largest absolute Gasteiger partial charge is 0.311 e. The Morgan fingerprint density at radius 3 is 2.53 bits per heavy atom. The summed E-state index contributed by atoms with van der Waals surface area (Å²) in [7, 11) is 0. The van der Waals surface area contributed by atoms with E-state index in [1.54, 1.807) is 0 Å². The van der Waals surface area contributed by atoms with E-state index in [0.717, 1.165) is 12.1 Å². The van der Waals surface area contributed by atoms with Crippen molar-refractivity contribution in [2.24, 2.45) is 0 Å². The van der Waals surface area contributed by atoms with Crippen LogP contribution in [0.3, 0.4) is 0 Å². The number of hydrogen-bond donors (Lipinski definition) is 1. The van der Waals surface area contributed by atoms with E-state index in [4.69, 9.17) is 0 Å². The third-order valence-corrected chi connectivity index (χ3v) is 6.17. The van der Waals surface area contributed by atoms with Crippen LogP contribution < -0.4 is 5.32 Å². The third-order valence-electron chi connectivity index (χ3n) is 4.77. The summed E-state index contributed by atoms with van der Waals surface area (Å²) in [6.45, 7) is 8.41. The van der Waals surface area contributed by atoms with Gasteiger partial charge in [0.1, 0.15) is 0 Å². The summed E-state index contributed by atoms with van der Waals surface area (Å²) >= 11 is 2.11. The fourth-order valence-electron chi connectivity index (χ4n) is 3.17. The summed E-state index contributed by atoms with van der Waals surface area (Å²) in [6.07, 6.45) is 9.17. The molecule has 1 heterocycles. The number of rotatable bonds is 5. The molecule has 2 unspecified atom stereocenters. The molecule has 2 rings (SSSR count). The van der Waals surface area contributed by atoms with E-state index in [2.05, 4.69) is 42.1 Å². The standard InChI is InChI=1S/C14H28N2S/c1-4-12-10-16(13(5-2)9-15-12)11-14(17-3)7-6-8-14/h12-13,15H,4-11H2,1-3H3. The maximum atomic E-state index is 3.69. The number of hydrogen-bond acceptors (Lipinski definition) is 3. The second-order valence-corrected chi connectivity index (χ2v) is 7.02. The zero-order valence-electron chi connectivity index (χ0n) is 11.7. The molecule has 17 heavy (non-hydrogen) atoms. The zero-order chi connectivity index (χ0) is 12.3. The highest BCUT2D eigenvalue weighted by Crippen LogP contribution is 2.43. The first-order chi connectivity index (χ1) is 8.23. The van der Waals surface area contributed by atoms with Crippen LogP contribution in [-0.2, 0) is 0 Å². The lowest BCUT2D eigenvalue weighted by atomic mass is 9.83. The van der Waals surface area contributed by atoms with E-state index in [0.29, 0.717) is 4.75 Å². The van der Waals surface area contributed by atoms with Gasteiger partial charge in [0.2, 0.25) is 0 Å². The summed E-state index contributed by atoms with van der Waals surface area (Å²) < 4.78 is 0.600. The minimum Gasteiger partial charge on any atom is -0.311 e. The van der Waals surface area contributed by atoms with Crippen LogP contribution in [0.25, 0.3) is 0 Å². The van der Waals surface area contributed by atoms with Crippen molar-refractivity contribution in [3.05, 3.63) is 0 Å². The van der Waals surface area contributed by atoms with Crippen molar-refractivity contribution in [3.63, 3.8) is 0 Å². The molecule has 1 saturated carbocycles. The molecular formula is C14H28N2S. The molecule has 0 aromatic carbocycles. The predicted molar refractivity (Wildman–Crippen MR) is 77.8 cm³/mol. The van der Waals surface area contributed by atoms with E-state index in [-0.39, 0.29) is 0 Å². The van der Waals surface area contributed by atoms with Crippen molar-refractivity contribution in [3.8, 4) is 0 Å². The average Bonchev–Trinajstić information content (AvgIpc) is 2.33. The van der Waals surface area contributed by atoms with Crippen LogP contribution >= 0.6 is 11.8 Å². The topological polar surface area (TPSA) is 15.3 Å². The quantitative estimate of drug-likeness (QED) is 0.814. The van der Waals surface area contributed by atoms with E-state index >= 15 is 0 Å². The molecule has 2 nitrogen and oxygen atoms in total. The lowest BCUT2D eigenvalue weighted by molar-refractivity contribution is 0.0969. The number of nitrogens with zero attached hydrogens (tertiary/aromatic N) is 1. The lowest BCUT2D eigenvalue weighted by Crippen LogP contribution is -2.60. The van der Waals surface area contributed by atoms with Gasteiger partial charge < -0.3 is 5.32 Å². The van der Waals surface area contributed by atoms with Gasteiger partial charge in [0.25, 0.3) is 0 Å². The van der Waals surface area contributed by atoms with E-state index in [1.807, 2.05) is 0 Å². The Balaban J connectivity index is 1.95. The molecule has 3 heteroatoms. The Kier molecular flexibility index (Phi) is 4.79. The molecule has 1 saturated heterocycles. The van der Waals surface area contributed by atoms with Gasteiger partial charge in [-0.15, -0.1) is 0 Å². The Morgan fingerprint density at radius 2 is 2.06 bits per heavy atom. The van der Waals surface area contributed by atoms with Gasteiger partial charge in [-0.25, -0.2) is 0 Å². The fourth-order valence-corrected chi connectivity index (χ4v) is 4.16. The van der Waals surface area contributed by atoms with Crippen LogP contribution in [0.15, 0.2) is 0 Å². The van der Waals surface area contributed by atoms with Crippen LogP contribution in [0.4, 0.5) is 0 Å². The number of piperazine rings is 1. The maximum Gasteiger partial charge on any atom is 0.0284 e. The summed E-state index contributed by atoms with van der Waals surface area (Å²) in [5.74, 6) is 0. The molecule has 0 aromatic rings. The van der Waals surface area contributed by atoms with Gasteiger partial charge in [-0.2, -0.15) is 11.8 Å². The maximum absolute atomic E-state index is 3.69. The van der Waals surface area contributed by atoms with Crippen molar-refractivity contribution in [2.45, 2.75) is 62.8 Å². The van der Waals surface area contributed by atoms with E-state index < -0.39 is 0 Å². The van der Waals surface area contributed by atoms with Crippen LogP contribution in [0.5, 0.6) is 0 Å². The molecule has 0 amide bonds. The van der Waals surface area contributed by atoms with Crippen LogP contribution in [-0.4, -0.2) is 47.6 Å². The summed E-state index contributed by atoms with van der Waals surface area (Å²) in [6, 6.07) is 1.49. The minimum absolute atomic E-state index is 0.600. The lowest BCUT2D eigenvalue weighted by Gasteiger charge is -2.48. The van der Waals surface area contributed by atoms with Crippen LogP contribution in [0, 0.1) is 0 Å². The predicted octanol–water partition coefficient (Wildman–Crippen LogP) is 2.73. The molecule has 1 aliphatic carbocycles. The third kappa shape index (κ3) is 2.99. The molecule has 100 valence electrons. The molecule has 2 fully saturated rings. The SMILES string of the molecule is CCC1CN(CC2(SC)CCC2)C(CC)CN1. The van der Waals surface area contributed by atoms with E-state index in [9.17, 15) is 0 Å². The van der Waals surface area contributed by atoms with Gasteiger partial charge >= 0.3 is 0 Å². The second-order valence-electron chi connectivity index (χ2n) is 5.75. The second kappa shape index (κ2) is 5.94. The van der Waals surface area contributed by atoms with Gasteiger partial charge in [0.05, 0.1) is 0 Å². The minimum atomic E-state index is 0.600. The Hall–Kier alpha value is 0.270. The summed E-state index contributed by atoms with van der Waals surface area (Å²) in [5.41, 5.74) is 0. The monoisotopic (exact) mass is 256 g/mol. The van der Waals surface area contributed by atoms with Crippen molar-refractivity contribution < 1.29 is 0 Å². The van der Waals surface area contributed by atoms with Gasteiger partial charge in [-0.1, -0.05) is 20.3 Å². The van der Waals surface area contributed by atoms with Crippen molar-refractivity contribution in [1.29, 1.82) is 0 Å². The average molecular weight is 256 g/mol. The molecule has 2 atom stereocenters. The molecule has 0 aromatic heterocycles. The van der Waals surface area contributed by atoms with Crippen LogP contribution in [0.1, 0.15) is 46.0 Å². The number of thioether (sulfide) groups is 1. The Morgan fingerprint density at radius 1 is 1.29 bits per heavy atom. The highest BCUT2D eigenvalue weighted by Gasteiger charge is 2.40. The summed E-state index contributed by atoms with van der Waals surface area (Å²) in [4.78, 5) is 2.78. The van der Waals surface area contributed by atoms with Crippen LogP contribution in [0.2, 0.25) is 0 Å².